The van der Waals surface area contributed by atoms with Gasteiger partial charge < -0.3 is 19.5 Å². The molecule has 3 aliphatic rings. The van der Waals surface area contributed by atoms with Crippen molar-refractivity contribution in [2.45, 2.75) is 36.7 Å². The number of benzene rings is 2. The van der Waals surface area contributed by atoms with Gasteiger partial charge in [0, 0.05) is 50.4 Å². The number of likely N-dealkylation sites (tertiary alicyclic amines) is 1. The summed E-state index contributed by atoms with van der Waals surface area (Å²) in [5.74, 6) is 0.395. The lowest BCUT2D eigenvalue weighted by Gasteiger charge is -2.31. The Bertz CT molecular complexity index is 1480. The number of piperazine rings is 1. The minimum absolute atomic E-state index is 0.0640. The Morgan fingerprint density at radius 2 is 1.76 bits per heavy atom. The molecule has 0 spiro atoms. The van der Waals surface area contributed by atoms with Gasteiger partial charge in [0.2, 0.25) is 15.9 Å². The molecule has 6 rings (SSSR count). The molecule has 2 aromatic carbocycles. The molecular formula is C26H29N5O5S. The van der Waals surface area contributed by atoms with Gasteiger partial charge in [0.1, 0.15) is 11.6 Å². The Morgan fingerprint density at radius 3 is 2.49 bits per heavy atom. The van der Waals surface area contributed by atoms with Crippen LogP contribution in [0.5, 0.6) is 0 Å². The highest BCUT2D eigenvalue weighted by atomic mass is 32.2. The number of fused-ring (bicyclic) bond motifs is 2. The number of carbonyl (C=O) groups excluding carboxylic acids is 2. The summed E-state index contributed by atoms with van der Waals surface area (Å²) < 4.78 is 33.0. The molecule has 3 atom stereocenters. The molecule has 1 aromatic heterocycles. The number of nitrogens with one attached hydrogen (secondary N) is 1. The second-order valence-corrected chi connectivity index (χ2v) is 12.1. The number of likely N-dealkylation sites (N-methyl/N-ethyl adjacent to an activating group) is 1. The molecule has 11 heteroatoms. The van der Waals surface area contributed by atoms with Crippen LogP contribution in [0.3, 0.4) is 0 Å². The number of rotatable bonds is 5. The third kappa shape index (κ3) is 4.41. The molecule has 0 radical (unpaired) electrons. The molecule has 2 amide bonds. The molecule has 3 aromatic rings. The number of aryl methyl sites for hydroxylation is 1. The van der Waals surface area contributed by atoms with Crippen LogP contribution in [-0.2, 0) is 14.8 Å². The molecule has 2 saturated heterocycles. The number of oxazole rings is 1. The van der Waals surface area contributed by atoms with Gasteiger partial charge in [-0.05, 0) is 68.3 Å². The summed E-state index contributed by atoms with van der Waals surface area (Å²) >= 11 is 0. The van der Waals surface area contributed by atoms with Gasteiger partial charge in [-0.15, -0.1) is 0 Å². The van der Waals surface area contributed by atoms with Crippen molar-refractivity contribution in [2.24, 2.45) is 5.92 Å². The molecule has 1 saturated carbocycles. The maximum Gasteiger partial charge on any atom is 0.254 e. The van der Waals surface area contributed by atoms with Gasteiger partial charge in [-0.1, -0.05) is 0 Å². The van der Waals surface area contributed by atoms with Crippen molar-refractivity contribution in [1.82, 2.24) is 19.1 Å². The van der Waals surface area contributed by atoms with Crippen LogP contribution in [0.4, 0.5) is 5.69 Å². The van der Waals surface area contributed by atoms with Crippen molar-refractivity contribution in [3.63, 3.8) is 0 Å². The van der Waals surface area contributed by atoms with E-state index in [0.717, 1.165) is 6.42 Å². The lowest BCUT2D eigenvalue weighted by atomic mass is 10.1. The Hall–Kier alpha value is -3.28. The highest BCUT2D eigenvalue weighted by molar-refractivity contribution is 7.89. The van der Waals surface area contributed by atoms with Crippen molar-refractivity contribution >= 4 is 38.6 Å². The zero-order valence-electron chi connectivity index (χ0n) is 20.8. The number of hydrogen-bond acceptors (Lipinski definition) is 7. The standard InChI is InChI=1S/C26H29N5O5S/c1-16-27-21-13-17(3-8-24(21)36-16)26(33)31-22-14-18(22)15-23(31)25(32)28-19-4-6-20(7-5-19)37(34,35)30-11-9-29(2)10-12-30/h3-8,13,18,22-23H,9-12,14-15H2,1-2H3,(H,28,32)/t18-,22-,23+/m0/s1. The predicted octanol–water partition coefficient (Wildman–Crippen LogP) is 2.31. The Morgan fingerprint density at radius 1 is 1.03 bits per heavy atom. The summed E-state index contributed by atoms with van der Waals surface area (Å²) in [5, 5.41) is 2.88. The van der Waals surface area contributed by atoms with Crippen LogP contribution in [-0.4, -0.2) is 84.6 Å². The van der Waals surface area contributed by atoms with Crippen molar-refractivity contribution < 1.29 is 22.4 Å². The van der Waals surface area contributed by atoms with E-state index >= 15 is 0 Å². The molecule has 0 bridgehead atoms. The van der Waals surface area contributed by atoms with E-state index in [0.29, 0.717) is 66.8 Å². The Kier molecular flexibility index (Phi) is 5.81. The van der Waals surface area contributed by atoms with E-state index in [4.69, 9.17) is 4.42 Å². The zero-order valence-corrected chi connectivity index (χ0v) is 21.6. The van der Waals surface area contributed by atoms with E-state index in [-0.39, 0.29) is 22.8 Å². The van der Waals surface area contributed by atoms with Crippen LogP contribution in [0.1, 0.15) is 29.1 Å². The van der Waals surface area contributed by atoms with Gasteiger partial charge in [-0.3, -0.25) is 9.59 Å². The molecule has 0 unspecified atom stereocenters. The summed E-state index contributed by atoms with van der Waals surface area (Å²) in [4.78, 5) is 35.0. The number of hydrogen-bond donors (Lipinski definition) is 1. The minimum Gasteiger partial charge on any atom is -0.441 e. The normalized spacial score (nSPS) is 24.3. The summed E-state index contributed by atoms with van der Waals surface area (Å²) in [6, 6.07) is 10.9. The second-order valence-electron chi connectivity index (χ2n) is 10.2. The molecule has 3 heterocycles. The van der Waals surface area contributed by atoms with Crippen LogP contribution < -0.4 is 5.32 Å². The quantitative estimate of drug-likeness (QED) is 0.546. The maximum atomic E-state index is 13.4. The largest absolute Gasteiger partial charge is 0.441 e. The Labute approximate surface area is 215 Å². The SMILES string of the molecule is Cc1nc2cc(C(=O)N3[C@@H](C(=O)Nc4ccc(S(=O)(=O)N5CCN(C)CC5)cc4)C[C@@H]4C[C@@H]43)ccc2o1. The molecule has 10 nitrogen and oxygen atoms in total. The smallest absolute Gasteiger partial charge is 0.254 e. The van der Waals surface area contributed by atoms with E-state index in [1.807, 2.05) is 7.05 Å². The molecule has 37 heavy (non-hydrogen) atoms. The lowest BCUT2D eigenvalue weighted by Crippen LogP contribution is -2.47. The van der Waals surface area contributed by atoms with Crippen molar-refractivity contribution in [3.05, 3.63) is 53.9 Å². The Balaban J connectivity index is 1.16. The fraction of sp³-hybridized carbons (Fsp3) is 0.423. The zero-order chi connectivity index (χ0) is 25.9. The monoisotopic (exact) mass is 523 g/mol. The predicted molar refractivity (Wildman–Crippen MR) is 137 cm³/mol. The van der Waals surface area contributed by atoms with E-state index in [1.54, 1.807) is 42.2 Å². The third-order valence-electron chi connectivity index (χ3n) is 7.60. The molecule has 1 aliphatic carbocycles. The highest BCUT2D eigenvalue weighted by Crippen LogP contribution is 2.48. The number of aromatic nitrogens is 1. The first-order chi connectivity index (χ1) is 17.7. The fourth-order valence-corrected chi connectivity index (χ4v) is 6.84. The molecule has 3 fully saturated rings. The van der Waals surface area contributed by atoms with Crippen LogP contribution in [0.25, 0.3) is 11.1 Å². The van der Waals surface area contributed by atoms with Crippen molar-refractivity contribution in [2.75, 3.05) is 38.5 Å². The molecule has 1 N–H and O–H groups in total. The molecule has 2 aliphatic heterocycles. The highest BCUT2D eigenvalue weighted by Gasteiger charge is 2.56. The molecule has 194 valence electrons. The van der Waals surface area contributed by atoms with Crippen LogP contribution in [0.15, 0.2) is 51.8 Å². The van der Waals surface area contributed by atoms with Gasteiger partial charge in [0.25, 0.3) is 5.91 Å². The number of nitrogens with zero attached hydrogens (tertiary/aromatic N) is 4. The van der Waals surface area contributed by atoms with Crippen LogP contribution >= 0.6 is 0 Å². The van der Waals surface area contributed by atoms with Crippen molar-refractivity contribution in [1.29, 1.82) is 0 Å². The third-order valence-corrected chi connectivity index (χ3v) is 9.52. The average Bonchev–Trinajstić information content (AvgIpc) is 3.37. The van der Waals surface area contributed by atoms with E-state index in [1.165, 1.54) is 16.4 Å². The number of amides is 2. The first-order valence-corrected chi connectivity index (χ1v) is 13.9. The van der Waals surface area contributed by atoms with Gasteiger partial charge in [-0.2, -0.15) is 4.31 Å². The second kappa shape index (κ2) is 8.93. The number of anilines is 1. The first kappa shape index (κ1) is 24.1. The first-order valence-electron chi connectivity index (χ1n) is 12.5. The maximum absolute atomic E-state index is 13.4. The van der Waals surface area contributed by atoms with E-state index in [2.05, 4.69) is 15.2 Å². The number of piperidine rings is 1. The lowest BCUT2D eigenvalue weighted by molar-refractivity contribution is -0.120. The van der Waals surface area contributed by atoms with Gasteiger partial charge >= 0.3 is 0 Å². The summed E-state index contributed by atoms with van der Waals surface area (Å²) in [7, 11) is -1.61. The number of sulfonamides is 1. The van der Waals surface area contributed by atoms with E-state index < -0.39 is 16.1 Å². The minimum atomic E-state index is -3.58. The number of carbonyl (C=O) groups is 2. The van der Waals surface area contributed by atoms with Gasteiger partial charge in [0.15, 0.2) is 11.5 Å². The van der Waals surface area contributed by atoms with Crippen LogP contribution in [0.2, 0.25) is 0 Å². The topological polar surface area (TPSA) is 116 Å². The molecular weight excluding hydrogens is 494 g/mol. The van der Waals surface area contributed by atoms with E-state index in [9.17, 15) is 18.0 Å². The van der Waals surface area contributed by atoms with Gasteiger partial charge in [-0.25, -0.2) is 13.4 Å². The van der Waals surface area contributed by atoms with Gasteiger partial charge in [0.05, 0.1) is 4.90 Å². The summed E-state index contributed by atoms with van der Waals surface area (Å²) in [6.07, 6.45) is 1.52. The summed E-state index contributed by atoms with van der Waals surface area (Å²) in [6.45, 7) is 4.05. The fourth-order valence-electron chi connectivity index (χ4n) is 5.42. The average molecular weight is 524 g/mol. The van der Waals surface area contributed by atoms with Crippen LogP contribution in [0, 0.1) is 12.8 Å². The summed E-state index contributed by atoms with van der Waals surface area (Å²) in [5.41, 5.74) is 2.20. The van der Waals surface area contributed by atoms with Crippen molar-refractivity contribution in [3.8, 4) is 0 Å².